The molecular weight excluding hydrogens is 460 g/mol. The Balaban J connectivity index is 0.00000193. The first-order valence-corrected chi connectivity index (χ1v) is 10.00. The third-order valence-corrected chi connectivity index (χ3v) is 5.22. The minimum atomic E-state index is -0.790. The number of halogens is 3. The zero-order valence-corrected chi connectivity index (χ0v) is 19.2. The van der Waals surface area contributed by atoms with Crippen LogP contribution >= 0.6 is 24.8 Å². The number of hydrogen-bond acceptors (Lipinski definition) is 3. The lowest BCUT2D eigenvalue weighted by Gasteiger charge is -2.24. The van der Waals surface area contributed by atoms with E-state index >= 15 is 0 Å². The molecule has 0 saturated heterocycles. The van der Waals surface area contributed by atoms with Crippen LogP contribution in [-0.2, 0) is 4.79 Å². The number of rotatable bonds is 6. The molecule has 1 heterocycles. The van der Waals surface area contributed by atoms with E-state index in [0.717, 1.165) is 11.1 Å². The molecule has 4 aromatic rings. The Morgan fingerprint density at radius 2 is 1.36 bits per heavy atom. The lowest BCUT2D eigenvalue weighted by atomic mass is 9.85. The SMILES string of the molecule is Cl.Cl.NC(C(=O)Nc1ccc(-c2ccncc2F)cc1)C(c1ccccc1)c1ccccc1. The van der Waals surface area contributed by atoms with Crippen molar-refractivity contribution in [3.63, 3.8) is 0 Å². The number of benzene rings is 3. The van der Waals surface area contributed by atoms with Gasteiger partial charge in [0.05, 0.1) is 12.2 Å². The second-order valence-corrected chi connectivity index (χ2v) is 7.25. The number of nitrogens with two attached hydrogens (primary N) is 1. The van der Waals surface area contributed by atoms with Gasteiger partial charge in [-0.05, 0) is 34.9 Å². The van der Waals surface area contributed by atoms with E-state index in [4.69, 9.17) is 5.73 Å². The number of nitrogens with zero attached hydrogens (tertiary/aromatic N) is 1. The van der Waals surface area contributed by atoms with Gasteiger partial charge in [0.1, 0.15) is 5.82 Å². The van der Waals surface area contributed by atoms with Crippen LogP contribution in [0.4, 0.5) is 10.1 Å². The van der Waals surface area contributed by atoms with E-state index in [-0.39, 0.29) is 36.6 Å². The van der Waals surface area contributed by atoms with Crippen molar-refractivity contribution in [2.45, 2.75) is 12.0 Å². The van der Waals surface area contributed by atoms with Crippen molar-refractivity contribution in [2.75, 3.05) is 5.32 Å². The van der Waals surface area contributed by atoms with Gasteiger partial charge in [0.2, 0.25) is 5.91 Å². The normalized spacial score (nSPS) is 11.1. The molecule has 0 fully saturated rings. The molecule has 0 aliphatic carbocycles. The van der Waals surface area contributed by atoms with E-state index < -0.39 is 11.9 Å². The predicted octanol–water partition coefficient (Wildman–Crippen LogP) is 5.83. The minimum Gasteiger partial charge on any atom is -0.325 e. The van der Waals surface area contributed by atoms with Gasteiger partial charge in [-0.2, -0.15) is 0 Å². The average Bonchev–Trinajstić information content (AvgIpc) is 2.81. The maximum absolute atomic E-state index is 14.0. The fourth-order valence-corrected chi connectivity index (χ4v) is 3.65. The summed E-state index contributed by atoms with van der Waals surface area (Å²) < 4.78 is 14.0. The van der Waals surface area contributed by atoms with Crippen molar-refractivity contribution in [1.82, 2.24) is 4.98 Å². The van der Waals surface area contributed by atoms with E-state index in [1.54, 1.807) is 36.5 Å². The van der Waals surface area contributed by atoms with Gasteiger partial charge in [0.25, 0.3) is 0 Å². The van der Waals surface area contributed by atoms with E-state index in [1.165, 1.54) is 6.20 Å². The Kier molecular flexibility index (Phi) is 9.55. The summed E-state index contributed by atoms with van der Waals surface area (Å²) in [7, 11) is 0. The second-order valence-electron chi connectivity index (χ2n) is 7.25. The predicted molar refractivity (Wildman–Crippen MR) is 135 cm³/mol. The average molecular weight is 484 g/mol. The largest absolute Gasteiger partial charge is 0.325 e. The molecule has 7 heteroatoms. The van der Waals surface area contributed by atoms with Crippen molar-refractivity contribution < 1.29 is 9.18 Å². The molecule has 3 N–H and O–H groups in total. The zero-order chi connectivity index (χ0) is 21.6. The highest BCUT2D eigenvalue weighted by atomic mass is 35.5. The lowest BCUT2D eigenvalue weighted by molar-refractivity contribution is -0.117. The summed E-state index contributed by atoms with van der Waals surface area (Å²) in [6.07, 6.45) is 2.72. The molecule has 0 radical (unpaired) electrons. The van der Waals surface area contributed by atoms with Crippen LogP contribution in [0.1, 0.15) is 17.0 Å². The molecule has 33 heavy (non-hydrogen) atoms. The molecule has 0 spiro atoms. The Bertz CT molecular complexity index is 1120. The van der Waals surface area contributed by atoms with Crippen LogP contribution in [0.5, 0.6) is 0 Å². The highest BCUT2D eigenvalue weighted by molar-refractivity contribution is 5.96. The summed E-state index contributed by atoms with van der Waals surface area (Å²) in [6, 6.07) is 27.3. The molecule has 1 aromatic heterocycles. The van der Waals surface area contributed by atoms with Crippen LogP contribution in [0, 0.1) is 5.82 Å². The molecular formula is C26H24Cl2FN3O. The summed E-state index contributed by atoms with van der Waals surface area (Å²) in [5.41, 5.74) is 10.1. The summed E-state index contributed by atoms with van der Waals surface area (Å²) >= 11 is 0. The van der Waals surface area contributed by atoms with Crippen molar-refractivity contribution in [3.8, 4) is 11.1 Å². The number of hydrogen-bond donors (Lipinski definition) is 2. The molecule has 4 rings (SSSR count). The summed E-state index contributed by atoms with van der Waals surface area (Å²) in [4.78, 5) is 16.8. The van der Waals surface area contributed by atoms with Crippen LogP contribution in [0.3, 0.4) is 0 Å². The maximum atomic E-state index is 14.0. The van der Waals surface area contributed by atoms with Gasteiger partial charge >= 0.3 is 0 Å². The number of aromatic nitrogens is 1. The molecule has 0 aliphatic heterocycles. The molecule has 170 valence electrons. The van der Waals surface area contributed by atoms with Crippen LogP contribution in [0.2, 0.25) is 0 Å². The minimum absolute atomic E-state index is 0. The van der Waals surface area contributed by atoms with Crippen molar-refractivity contribution in [3.05, 3.63) is 120 Å². The van der Waals surface area contributed by atoms with Crippen LogP contribution in [0.25, 0.3) is 11.1 Å². The van der Waals surface area contributed by atoms with E-state index in [1.807, 2.05) is 60.7 Å². The van der Waals surface area contributed by atoms with E-state index in [0.29, 0.717) is 16.8 Å². The number of carbonyl (C=O) groups excluding carboxylic acids is 1. The van der Waals surface area contributed by atoms with Crippen LogP contribution in [-0.4, -0.2) is 16.9 Å². The van der Waals surface area contributed by atoms with Gasteiger partial charge in [0.15, 0.2) is 0 Å². The lowest BCUT2D eigenvalue weighted by Crippen LogP contribution is -2.41. The van der Waals surface area contributed by atoms with Gasteiger partial charge in [-0.15, -0.1) is 24.8 Å². The molecule has 4 nitrogen and oxygen atoms in total. The number of nitrogens with one attached hydrogen (secondary N) is 1. The third-order valence-electron chi connectivity index (χ3n) is 5.22. The molecule has 0 saturated carbocycles. The fraction of sp³-hybridized carbons (Fsp3) is 0.0769. The quantitative estimate of drug-likeness (QED) is 0.362. The Hall–Kier alpha value is -3.25. The first-order chi connectivity index (χ1) is 15.1. The summed E-state index contributed by atoms with van der Waals surface area (Å²) in [6.45, 7) is 0. The number of anilines is 1. The number of amides is 1. The smallest absolute Gasteiger partial charge is 0.242 e. The topological polar surface area (TPSA) is 68.0 Å². The molecule has 1 amide bonds. The Morgan fingerprint density at radius 3 is 1.88 bits per heavy atom. The molecule has 0 bridgehead atoms. The highest BCUT2D eigenvalue weighted by Gasteiger charge is 2.27. The third kappa shape index (κ3) is 6.17. The Morgan fingerprint density at radius 1 is 0.818 bits per heavy atom. The molecule has 0 aliphatic rings. The van der Waals surface area contributed by atoms with Crippen LogP contribution < -0.4 is 11.1 Å². The van der Waals surface area contributed by atoms with Gasteiger partial charge in [-0.25, -0.2) is 4.39 Å². The van der Waals surface area contributed by atoms with Crippen molar-refractivity contribution >= 4 is 36.4 Å². The molecule has 3 aromatic carbocycles. The van der Waals surface area contributed by atoms with Crippen molar-refractivity contribution in [2.24, 2.45) is 5.73 Å². The van der Waals surface area contributed by atoms with Crippen molar-refractivity contribution in [1.29, 1.82) is 0 Å². The van der Waals surface area contributed by atoms with E-state index in [9.17, 15) is 9.18 Å². The van der Waals surface area contributed by atoms with Gasteiger partial charge < -0.3 is 11.1 Å². The molecule has 1 unspecified atom stereocenters. The molecule has 1 atom stereocenters. The first kappa shape index (κ1) is 26.0. The van der Waals surface area contributed by atoms with Gasteiger partial charge in [-0.3, -0.25) is 9.78 Å². The fourth-order valence-electron chi connectivity index (χ4n) is 3.65. The number of carbonyl (C=O) groups is 1. The monoisotopic (exact) mass is 483 g/mol. The van der Waals surface area contributed by atoms with Crippen LogP contribution in [0.15, 0.2) is 103 Å². The first-order valence-electron chi connectivity index (χ1n) is 10.00. The van der Waals surface area contributed by atoms with E-state index in [2.05, 4.69) is 10.3 Å². The second kappa shape index (κ2) is 12.1. The maximum Gasteiger partial charge on any atom is 0.242 e. The summed E-state index contributed by atoms with van der Waals surface area (Å²) in [5, 5.41) is 2.88. The van der Waals surface area contributed by atoms with Gasteiger partial charge in [-0.1, -0.05) is 72.8 Å². The van der Waals surface area contributed by atoms with Gasteiger partial charge in [0, 0.05) is 23.4 Å². The standard InChI is InChI=1S/C26H22FN3O.2ClH/c27-23-17-29-16-15-22(23)18-11-13-21(14-12-18)30-26(31)25(28)24(19-7-3-1-4-8-19)20-9-5-2-6-10-20;;/h1-17,24-25H,28H2,(H,30,31);2*1H. The Labute approximate surface area is 204 Å². The highest BCUT2D eigenvalue weighted by Crippen LogP contribution is 2.28. The zero-order valence-electron chi connectivity index (χ0n) is 17.6. The number of pyridine rings is 1. The summed E-state index contributed by atoms with van der Waals surface area (Å²) in [5.74, 6) is -0.969.